The first-order valence-corrected chi connectivity index (χ1v) is 5.09. The number of nitrogen functional groups attached to an aromatic ring is 1. The summed E-state index contributed by atoms with van der Waals surface area (Å²) in [4.78, 5) is 13.3. The van der Waals surface area contributed by atoms with Crippen molar-refractivity contribution in [2.75, 3.05) is 18.8 Å². The van der Waals surface area contributed by atoms with Crippen LogP contribution in [0.5, 0.6) is 0 Å². The highest BCUT2D eigenvalue weighted by Crippen LogP contribution is 2.25. The van der Waals surface area contributed by atoms with Crippen LogP contribution in [-0.2, 0) is 0 Å². The third kappa shape index (κ3) is 1.75. The smallest absolute Gasteiger partial charge is 0.318 e. The van der Waals surface area contributed by atoms with Gasteiger partial charge in [0.25, 0.3) is 0 Å². The molecular formula is C11H15N3O. The first-order valence-electron chi connectivity index (χ1n) is 5.09. The summed E-state index contributed by atoms with van der Waals surface area (Å²) in [5.41, 5.74) is 7.63. The molecule has 80 valence electrons. The van der Waals surface area contributed by atoms with Crippen molar-refractivity contribution < 1.29 is 4.79 Å². The summed E-state index contributed by atoms with van der Waals surface area (Å²) in [6, 6.07) is 7.69. The van der Waals surface area contributed by atoms with Crippen molar-refractivity contribution in [3.05, 3.63) is 29.8 Å². The van der Waals surface area contributed by atoms with Gasteiger partial charge in [-0.05, 0) is 18.6 Å². The van der Waals surface area contributed by atoms with E-state index in [2.05, 4.69) is 5.32 Å². The van der Waals surface area contributed by atoms with Crippen LogP contribution in [-0.4, -0.2) is 24.0 Å². The Bertz CT molecular complexity index is 378. The van der Waals surface area contributed by atoms with Crippen LogP contribution in [0.25, 0.3) is 0 Å². The Morgan fingerprint density at radius 1 is 1.47 bits per heavy atom. The van der Waals surface area contributed by atoms with Gasteiger partial charge in [0.05, 0.1) is 6.04 Å². The van der Waals surface area contributed by atoms with Gasteiger partial charge in [0.15, 0.2) is 0 Å². The van der Waals surface area contributed by atoms with Gasteiger partial charge >= 0.3 is 6.03 Å². The van der Waals surface area contributed by atoms with E-state index < -0.39 is 0 Å². The number of carbonyl (C=O) groups is 1. The van der Waals surface area contributed by atoms with E-state index in [1.807, 2.05) is 31.2 Å². The summed E-state index contributed by atoms with van der Waals surface area (Å²) >= 11 is 0. The molecule has 0 aliphatic carbocycles. The fourth-order valence-electron chi connectivity index (χ4n) is 1.92. The fraction of sp³-hybridized carbons (Fsp3) is 0.364. The highest BCUT2D eigenvalue weighted by molar-refractivity contribution is 5.77. The van der Waals surface area contributed by atoms with Crippen molar-refractivity contribution in [3.8, 4) is 0 Å². The van der Waals surface area contributed by atoms with Crippen LogP contribution in [0.2, 0.25) is 0 Å². The van der Waals surface area contributed by atoms with Crippen LogP contribution in [0.3, 0.4) is 0 Å². The minimum Gasteiger partial charge on any atom is -0.398 e. The van der Waals surface area contributed by atoms with Gasteiger partial charge < -0.3 is 16.0 Å². The predicted octanol–water partition coefficient (Wildman–Crippen LogP) is 1.36. The molecule has 1 fully saturated rings. The number of amides is 2. The SMILES string of the molecule is CC(c1ccccc1N)N1CCNC1=O. The Kier molecular flexibility index (Phi) is 2.49. The molecule has 2 rings (SSSR count). The van der Waals surface area contributed by atoms with Crippen molar-refractivity contribution in [2.45, 2.75) is 13.0 Å². The Hall–Kier alpha value is -1.71. The molecule has 2 amide bonds. The summed E-state index contributed by atoms with van der Waals surface area (Å²) in [6.07, 6.45) is 0. The zero-order chi connectivity index (χ0) is 10.8. The van der Waals surface area contributed by atoms with Crippen LogP contribution < -0.4 is 11.1 Å². The summed E-state index contributed by atoms with van der Waals surface area (Å²) in [5, 5.41) is 2.79. The number of para-hydroxylation sites is 1. The molecule has 1 heterocycles. The summed E-state index contributed by atoms with van der Waals surface area (Å²) in [6.45, 7) is 3.46. The molecule has 1 unspecified atom stereocenters. The van der Waals surface area contributed by atoms with Gasteiger partial charge in [-0.2, -0.15) is 0 Å². The second-order valence-corrected chi connectivity index (χ2v) is 3.73. The molecule has 1 aromatic carbocycles. The summed E-state index contributed by atoms with van der Waals surface area (Å²) in [7, 11) is 0. The lowest BCUT2D eigenvalue weighted by Gasteiger charge is -2.24. The Morgan fingerprint density at radius 3 is 2.80 bits per heavy atom. The molecule has 0 aromatic heterocycles. The number of anilines is 1. The van der Waals surface area contributed by atoms with Gasteiger partial charge in [-0.1, -0.05) is 18.2 Å². The molecule has 0 radical (unpaired) electrons. The molecule has 1 aliphatic rings. The average molecular weight is 205 g/mol. The van der Waals surface area contributed by atoms with E-state index in [0.717, 1.165) is 24.3 Å². The van der Waals surface area contributed by atoms with E-state index in [9.17, 15) is 4.79 Å². The zero-order valence-corrected chi connectivity index (χ0v) is 8.73. The van der Waals surface area contributed by atoms with E-state index in [1.54, 1.807) is 4.90 Å². The standard InChI is InChI=1S/C11H15N3O/c1-8(14-7-6-13-11(14)15)9-4-2-3-5-10(9)12/h2-5,8H,6-7,12H2,1H3,(H,13,15). The lowest BCUT2D eigenvalue weighted by molar-refractivity contribution is 0.203. The van der Waals surface area contributed by atoms with Crippen LogP contribution in [0.15, 0.2) is 24.3 Å². The molecule has 1 saturated heterocycles. The molecule has 1 aliphatic heterocycles. The van der Waals surface area contributed by atoms with E-state index in [4.69, 9.17) is 5.73 Å². The number of nitrogens with one attached hydrogen (secondary N) is 1. The monoisotopic (exact) mass is 205 g/mol. The quantitative estimate of drug-likeness (QED) is 0.716. The van der Waals surface area contributed by atoms with Gasteiger partial charge in [-0.15, -0.1) is 0 Å². The number of hydrogen-bond donors (Lipinski definition) is 2. The predicted molar refractivity (Wildman–Crippen MR) is 59.4 cm³/mol. The first kappa shape index (κ1) is 9.83. The van der Waals surface area contributed by atoms with Gasteiger partial charge in [-0.25, -0.2) is 4.79 Å². The fourth-order valence-corrected chi connectivity index (χ4v) is 1.92. The Morgan fingerprint density at radius 2 is 2.20 bits per heavy atom. The van der Waals surface area contributed by atoms with Crippen LogP contribution >= 0.6 is 0 Å². The van der Waals surface area contributed by atoms with Crippen molar-refractivity contribution in [2.24, 2.45) is 0 Å². The topological polar surface area (TPSA) is 58.4 Å². The molecule has 15 heavy (non-hydrogen) atoms. The third-order valence-electron chi connectivity index (χ3n) is 2.80. The van der Waals surface area contributed by atoms with Gasteiger partial charge in [0.2, 0.25) is 0 Å². The molecule has 4 heteroatoms. The second kappa shape index (κ2) is 3.81. The molecule has 1 aromatic rings. The largest absolute Gasteiger partial charge is 0.398 e. The molecule has 4 nitrogen and oxygen atoms in total. The van der Waals surface area contributed by atoms with Gasteiger partial charge in [-0.3, -0.25) is 0 Å². The minimum atomic E-state index is -0.00856. The molecule has 0 bridgehead atoms. The maximum Gasteiger partial charge on any atom is 0.318 e. The Balaban J connectivity index is 2.24. The van der Waals surface area contributed by atoms with Crippen molar-refractivity contribution >= 4 is 11.7 Å². The van der Waals surface area contributed by atoms with E-state index in [-0.39, 0.29) is 12.1 Å². The number of rotatable bonds is 2. The normalized spacial score (nSPS) is 17.7. The maximum atomic E-state index is 11.5. The van der Waals surface area contributed by atoms with E-state index in [0.29, 0.717) is 0 Å². The number of benzene rings is 1. The number of carbonyl (C=O) groups excluding carboxylic acids is 1. The highest BCUT2D eigenvalue weighted by Gasteiger charge is 2.26. The number of urea groups is 1. The average Bonchev–Trinajstić information content (AvgIpc) is 2.64. The summed E-state index contributed by atoms with van der Waals surface area (Å²) in [5.74, 6) is 0. The highest BCUT2D eigenvalue weighted by atomic mass is 16.2. The third-order valence-corrected chi connectivity index (χ3v) is 2.80. The molecule has 1 atom stereocenters. The molecule has 3 N–H and O–H groups in total. The van der Waals surface area contributed by atoms with Crippen LogP contribution in [0.1, 0.15) is 18.5 Å². The maximum absolute atomic E-state index is 11.5. The van der Waals surface area contributed by atoms with Gasteiger partial charge in [0, 0.05) is 18.8 Å². The van der Waals surface area contributed by atoms with Crippen molar-refractivity contribution in [1.82, 2.24) is 10.2 Å². The van der Waals surface area contributed by atoms with Crippen molar-refractivity contribution in [1.29, 1.82) is 0 Å². The summed E-state index contributed by atoms with van der Waals surface area (Å²) < 4.78 is 0. The minimum absolute atomic E-state index is 0.00856. The molecular weight excluding hydrogens is 190 g/mol. The molecule has 0 saturated carbocycles. The second-order valence-electron chi connectivity index (χ2n) is 3.73. The van der Waals surface area contributed by atoms with Crippen LogP contribution in [0.4, 0.5) is 10.5 Å². The lowest BCUT2D eigenvalue weighted by atomic mass is 10.1. The number of nitrogens with two attached hydrogens (primary N) is 1. The van der Waals surface area contributed by atoms with Crippen LogP contribution in [0, 0.1) is 0 Å². The first-order chi connectivity index (χ1) is 7.20. The molecule has 0 spiro atoms. The zero-order valence-electron chi connectivity index (χ0n) is 8.73. The lowest BCUT2D eigenvalue weighted by Crippen LogP contribution is -2.31. The van der Waals surface area contributed by atoms with E-state index in [1.165, 1.54) is 0 Å². The number of nitrogens with zero attached hydrogens (tertiary/aromatic N) is 1. The van der Waals surface area contributed by atoms with Crippen molar-refractivity contribution in [3.63, 3.8) is 0 Å². The van der Waals surface area contributed by atoms with Gasteiger partial charge in [0.1, 0.15) is 0 Å². The number of hydrogen-bond acceptors (Lipinski definition) is 2. The Labute approximate surface area is 89.1 Å². The van der Waals surface area contributed by atoms with E-state index >= 15 is 0 Å².